The highest BCUT2D eigenvalue weighted by Crippen LogP contribution is 2.27. The number of aryl methyl sites for hydroxylation is 1. The van der Waals surface area contributed by atoms with E-state index in [9.17, 15) is 13.6 Å². The summed E-state index contributed by atoms with van der Waals surface area (Å²) in [5.74, 6) is -1.03. The van der Waals surface area contributed by atoms with Gasteiger partial charge in [0.2, 0.25) is 11.8 Å². The molecule has 2 aromatic heterocycles. The van der Waals surface area contributed by atoms with Gasteiger partial charge in [-0.25, -0.2) is 19.2 Å². The number of carbonyl (C=O) groups excluding carboxylic acids is 1. The van der Waals surface area contributed by atoms with Gasteiger partial charge in [0.15, 0.2) is 0 Å². The van der Waals surface area contributed by atoms with Gasteiger partial charge < -0.3 is 14.8 Å². The summed E-state index contributed by atoms with van der Waals surface area (Å²) in [4.78, 5) is 20.8. The van der Waals surface area contributed by atoms with Gasteiger partial charge in [0.05, 0.1) is 36.8 Å². The largest absolute Gasteiger partial charge is 0.481 e. The standard InChI is InChI=1S/C27H30F2N4O4/c1-36-26-11-10-23-27(32-26)17(12-14-31-23)4-6-20-7-9-22(24(37-20)16-25(34)33-35)30-13-2-3-18-15-19(28)5-8-21(18)29/h2-3,5,8,10-12,14-15,20,22,24,30,35H,4,6-7,9,13,16H2,1H3,(H,33,34)/t20-,22-,24-/m1/s1. The lowest BCUT2D eigenvalue weighted by Gasteiger charge is -2.37. The maximum Gasteiger partial charge on any atom is 0.246 e. The molecule has 0 spiro atoms. The third-order valence-corrected chi connectivity index (χ3v) is 6.47. The van der Waals surface area contributed by atoms with Gasteiger partial charge in [-0.05, 0) is 61.6 Å². The summed E-state index contributed by atoms with van der Waals surface area (Å²) in [6, 6.07) is 8.72. The number of hydrogen-bond acceptors (Lipinski definition) is 7. The van der Waals surface area contributed by atoms with Gasteiger partial charge in [0.25, 0.3) is 0 Å². The van der Waals surface area contributed by atoms with Gasteiger partial charge in [0, 0.05) is 30.4 Å². The van der Waals surface area contributed by atoms with E-state index in [1.807, 2.05) is 12.1 Å². The number of fused-ring (bicyclic) bond motifs is 1. The van der Waals surface area contributed by atoms with Crippen molar-refractivity contribution in [2.24, 2.45) is 0 Å². The van der Waals surface area contributed by atoms with Crippen LogP contribution in [-0.2, 0) is 16.0 Å². The Labute approximate surface area is 213 Å². The molecule has 1 aliphatic heterocycles. The first-order valence-electron chi connectivity index (χ1n) is 12.2. The van der Waals surface area contributed by atoms with E-state index in [-0.39, 0.29) is 24.1 Å². The van der Waals surface area contributed by atoms with Crippen LogP contribution in [0.1, 0.15) is 36.8 Å². The van der Waals surface area contributed by atoms with Crippen LogP contribution < -0.4 is 15.5 Å². The van der Waals surface area contributed by atoms with Crippen LogP contribution in [-0.4, -0.2) is 53.0 Å². The summed E-state index contributed by atoms with van der Waals surface area (Å²) in [5.41, 5.74) is 4.44. The number of pyridine rings is 2. The van der Waals surface area contributed by atoms with Crippen LogP contribution in [0.5, 0.6) is 5.88 Å². The molecule has 1 saturated heterocycles. The second kappa shape index (κ2) is 12.7. The van der Waals surface area contributed by atoms with Crippen molar-refractivity contribution in [1.29, 1.82) is 0 Å². The number of benzene rings is 1. The first-order valence-corrected chi connectivity index (χ1v) is 12.2. The number of rotatable bonds is 10. The molecule has 3 atom stereocenters. The van der Waals surface area contributed by atoms with E-state index in [1.54, 1.807) is 30.9 Å². The molecule has 0 unspecified atom stereocenters. The normalized spacial score (nSPS) is 19.8. The number of halogens is 2. The Kier molecular flexibility index (Phi) is 9.10. The highest BCUT2D eigenvalue weighted by Gasteiger charge is 2.32. The van der Waals surface area contributed by atoms with Crippen LogP contribution in [0.3, 0.4) is 0 Å². The van der Waals surface area contributed by atoms with Crippen molar-refractivity contribution >= 4 is 23.0 Å². The lowest BCUT2D eigenvalue weighted by Crippen LogP contribution is -2.49. The third-order valence-electron chi connectivity index (χ3n) is 6.47. The van der Waals surface area contributed by atoms with Gasteiger partial charge in [0.1, 0.15) is 11.6 Å². The summed E-state index contributed by atoms with van der Waals surface area (Å²) in [6.07, 6.45) is 7.37. The van der Waals surface area contributed by atoms with Crippen molar-refractivity contribution in [3.05, 3.63) is 71.4 Å². The number of carbonyl (C=O) groups is 1. The van der Waals surface area contributed by atoms with E-state index in [4.69, 9.17) is 14.7 Å². The lowest BCUT2D eigenvalue weighted by atomic mass is 9.93. The van der Waals surface area contributed by atoms with E-state index in [0.29, 0.717) is 18.8 Å². The van der Waals surface area contributed by atoms with Gasteiger partial charge in [-0.3, -0.25) is 15.0 Å². The molecule has 3 heterocycles. The quantitative estimate of drug-likeness (QED) is 0.279. The molecule has 3 aromatic rings. The molecule has 4 rings (SSSR count). The zero-order valence-corrected chi connectivity index (χ0v) is 20.5. The highest BCUT2D eigenvalue weighted by molar-refractivity contribution is 5.78. The first kappa shape index (κ1) is 26.6. The fourth-order valence-corrected chi connectivity index (χ4v) is 4.57. The molecular formula is C27H30F2N4O4. The van der Waals surface area contributed by atoms with Gasteiger partial charge in [-0.15, -0.1) is 0 Å². The average Bonchev–Trinajstić information content (AvgIpc) is 2.92. The molecule has 1 amide bonds. The van der Waals surface area contributed by atoms with Gasteiger partial charge in [-0.1, -0.05) is 12.2 Å². The minimum atomic E-state index is -0.536. The van der Waals surface area contributed by atoms with Crippen LogP contribution in [0.15, 0.2) is 48.7 Å². The Balaban J connectivity index is 1.37. The molecule has 196 valence electrons. The van der Waals surface area contributed by atoms with Crippen molar-refractivity contribution < 1.29 is 28.3 Å². The Morgan fingerprint density at radius 1 is 1.24 bits per heavy atom. The number of ether oxygens (including phenoxy) is 2. The Bertz CT molecular complexity index is 1260. The van der Waals surface area contributed by atoms with Crippen molar-refractivity contribution in [3.8, 4) is 5.88 Å². The van der Waals surface area contributed by atoms with E-state index in [0.717, 1.165) is 54.1 Å². The number of hydrogen-bond donors (Lipinski definition) is 3. The van der Waals surface area contributed by atoms with Crippen molar-refractivity contribution in [1.82, 2.24) is 20.8 Å². The maximum absolute atomic E-state index is 13.8. The smallest absolute Gasteiger partial charge is 0.246 e. The van der Waals surface area contributed by atoms with E-state index >= 15 is 0 Å². The fourth-order valence-electron chi connectivity index (χ4n) is 4.57. The molecular weight excluding hydrogens is 482 g/mol. The monoisotopic (exact) mass is 512 g/mol. The summed E-state index contributed by atoms with van der Waals surface area (Å²) < 4.78 is 38.7. The molecule has 0 radical (unpaired) electrons. The number of hydroxylamine groups is 1. The van der Waals surface area contributed by atoms with Crippen LogP contribution in [0.2, 0.25) is 0 Å². The molecule has 3 N–H and O–H groups in total. The Hall–Kier alpha value is -3.47. The number of nitrogens with one attached hydrogen (secondary N) is 2. The second-order valence-electron chi connectivity index (χ2n) is 8.93. The summed E-state index contributed by atoms with van der Waals surface area (Å²) in [6.45, 7) is 0.377. The number of nitrogens with zero attached hydrogens (tertiary/aromatic N) is 2. The zero-order chi connectivity index (χ0) is 26.2. The van der Waals surface area contributed by atoms with Gasteiger partial charge >= 0.3 is 0 Å². The summed E-state index contributed by atoms with van der Waals surface area (Å²) >= 11 is 0. The Morgan fingerprint density at radius 2 is 2.11 bits per heavy atom. The molecule has 1 aliphatic rings. The molecule has 0 aliphatic carbocycles. The average molecular weight is 513 g/mol. The van der Waals surface area contributed by atoms with E-state index in [1.165, 1.54) is 6.08 Å². The predicted molar refractivity (Wildman–Crippen MR) is 134 cm³/mol. The topological polar surface area (TPSA) is 106 Å². The molecule has 0 bridgehead atoms. The highest BCUT2D eigenvalue weighted by atomic mass is 19.1. The van der Waals surface area contributed by atoms with E-state index < -0.39 is 23.6 Å². The van der Waals surface area contributed by atoms with Crippen LogP contribution in [0, 0.1) is 11.6 Å². The second-order valence-corrected chi connectivity index (χ2v) is 8.93. The zero-order valence-electron chi connectivity index (χ0n) is 20.5. The third kappa shape index (κ3) is 7.06. The van der Waals surface area contributed by atoms with Crippen LogP contribution in [0.4, 0.5) is 8.78 Å². The van der Waals surface area contributed by atoms with Gasteiger partial charge in [-0.2, -0.15) is 0 Å². The minimum Gasteiger partial charge on any atom is -0.481 e. The lowest BCUT2D eigenvalue weighted by molar-refractivity contribution is -0.137. The van der Waals surface area contributed by atoms with E-state index in [2.05, 4.69) is 15.3 Å². The summed E-state index contributed by atoms with van der Waals surface area (Å²) in [5, 5.41) is 12.3. The molecule has 8 nitrogen and oxygen atoms in total. The molecule has 1 fully saturated rings. The predicted octanol–water partition coefficient (Wildman–Crippen LogP) is 3.96. The maximum atomic E-state index is 13.8. The van der Waals surface area contributed by atoms with Crippen molar-refractivity contribution in [3.63, 3.8) is 0 Å². The summed E-state index contributed by atoms with van der Waals surface area (Å²) in [7, 11) is 1.57. The first-order chi connectivity index (χ1) is 18.0. The fraction of sp³-hybridized carbons (Fsp3) is 0.370. The number of amides is 1. The molecule has 0 saturated carbocycles. The van der Waals surface area contributed by atoms with Crippen LogP contribution >= 0.6 is 0 Å². The van der Waals surface area contributed by atoms with Crippen LogP contribution in [0.25, 0.3) is 17.1 Å². The molecule has 1 aromatic carbocycles. The Morgan fingerprint density at radius 3 is 2.92 bits per heavy atom. The molecule has 10 heteroatoms. The molecule has 37 heavy (non-hydrogen) atoms. The number of aromatic nitrogens is 2. The SMILES string of the molecule is COc1ccc2nccc(CC[C@@H]3CC[C@@H](NCC=Cc4cc(F)ccc4F)[C@@H](CC(=O)NO)O3)c2n1. The minimum absolute atomic E-state index is 0.0101. The van der Waals surface area contributed by atoms with Crippen molar-refractivity contribution in [2.75, 3.05) is 13.7 Å². The number of methoxy groups -OCH3 is 1. The van der Waals surface area contributed by atoms with Crippen molar-refractivity contribution in [2.45, 2.75) is 50.4 Å².